The van der Waals surface area contributed by atoms with Gasteiger partial charge in [-0.25, -0.2) is 9.78 Å². The van der Waals surface area contributed by atoms with E-state index in [1.54, 1.807) is 0 Å². The molecule has 200 valence electrons. The third-order valence-electron chi connectivity index (χ3n) is 4.75. The molecule has 36 heavy (non-hydrogen) atoms. The van der Waals surface area contributed by atoms with Crippen LogP contribution in [0.5, 0.6) is 0 Å². The van der Waals surface area contributed by atoms with Gasteiger partial charge in [0.05, 0.1) is 18.8 Å². The van der Waals surface area contributed by atoms with Gasteiger partial charge in [-0.1, -0.05) is 0 Å². The molecule has 0 aromatic carbocycles. The number of aromatic nitrogens is 2. The van der Waals surface area contributed by atoms with Crippen LogP contribution < -0.4 is 38.9 Å². The first-order chi connectivity index (χ1) is 16.9. The average molecular weight is 529 g/mol. The number of aromatic amines is 1. The molecule has 4 atom stereocenters. The van der Waals surface area contributed by atoms with E-state index in [-0.39, 0.29) is 37.5 Å². The summed E-state index contributed by atoms with van der Waals surface area (Å²) in [6.07, 6.45) is 2.60. The van der Waals surface area contributed by atoms with Gasteiger partial charge in [0.1, 0.15) is 18.1 Å². The van der Waals surface area contributed by atoms with E-state index in [1.807, 2.05) is 0 Å². The molecule has 0 saturated carbocycles. The quantitative estimate of drug-likeness (QED) is 0.0426. The Morgan fingerprint density at radius 2 is 1.64 bits per heavy atom. The Kier molecular flexibility index (Phi) is 12.7. The summed E-state index contributed by atoms with van der Waals surface area (Å²) in [5.41, 5.74) is 21.8. The number of thiol groups is 1. The van der Waals surface area contributed by atoms with Crippen LogP contribution in [0.25, 0.3) is 0 Å². The highest BCUT2D eigenvalue weighted by Crippen LogP contribution is 2.05. The van der Waals surface area contributed by atoms with E-state index in [4.69, 9.17) is 22.9 Å². The number of aliphatic carboxylic acids is 1. The van der Waals surface area contributed by atoms with Crippen LogP contribution in [0.2, 0.25) is 0 Å². The van der Waals surface area contributed by atoms with Gasteiger partial charge in [-0.05, 0) is 12.8 Å². The fourth-order valence-corrected chi connectivity index (χ4v) is 3.16. The maximum Gasteiger partial charge on any atom is 0.327 e. The number of guanidine groups is 1. The fourth-order valence-electron chi connectivity index (χ4n) is 2.92. The number of nitrogens with one attached hydrogen (secondary N) is 4. The van der Waals surface area contributed by atoms with Crippen molar-refractivity contribution in [1.29, 1.82) is 0 Å². The normalized spacial score (nSPS) is 13.9. The molecule has 17 heteroatoms. The van der Waals surface area contributed by atoms with Crippen molar-refractivity contribution < 1.29 is 29.1 Å². The second-order valence-corrected chi connectivity index (χ2v) is 8.08. The average Bonchev–Trinajstić information content (AvgIpc) is 3.30. The minimum Gasteiger partial charge on any atom is -0.480 e. The Hall–Kier alpha value is -3.86. The number of rotatable bonds is 16. The van der Waals surface area contributed by atoms with E-state index in [9.17, 15) is 29.1 Å². The topological polar surface area (TPSA) is 287 Å². The molecule has 4 unspecified atom stereocenters. The minimum atomic E-state index is -1.31. The van der Waals surface area contributed by atoms with Gasteiger partial charge in [0.15, 0.2) is 5.96 Å². The number of carboxylic acids is 1. The van der Waals surface area contributed by atoms with E-state index in [2.05, 4.69) is 43.5 Å². The molecule has 16 nitrogen and oxygen atoms in total. The van der Waals surface area contributed by atoms with Gasteiger partial charge in [-0.3, -0.25) is 24.2 Å². The molecule has 0 aliphatic carbocycles. The molecule has 0 spiro atoms. The van der Waals surface area contributed by atoms with Gasteiger partial charge < -0.3 is 49.0 Å². The summed E-state index contributed by atoms with van der Waals surface area (Å²) in [7, 11) is 0. The smallest absolute Gasteiger partial charge is 0.327 e. The molecule has 1 heterocycles. The molecule has 4 amide bonds. The molecular weight excluding hydrogens is 496 g/mol. The van der Waals surface area contributed by atoms with Crippen LogP contribution in [0, 0.1) is 0 Å². The number of nitrogens with two attached hydrogens (primary N) is 4. The largest absolute Gasteiger partial charge is 0.480 e. The van der Waals surface area contributed by atoms with Crippen molar-refractivity contribution in [3.8, 4) is 0 Å². The van der Waals surface area contributed by atoms with Crippen LogP contribution in [0.3, 0.4) is 0 Å². The van der Waals surface area contributed by atoms with Crippen molar-refractivity contribution in [1.82, 2.24) is 25.9 Å². The number of nitrogens with zero attached hydrogens (tertiary/aromatic N) is 2. The summed E-state index contributed by atoms with van der Waals surface area (Å²) in [4.78, 5) is 71.2. The third kappa shape index (κ3) is 11.0. The van der Waals surface area contributed by atoms with Crippen LogP contribution >= 0.6 is 12.6 Å². The summed E-state index contributed by atoms with van der Waals surface area (Å²) in [6.45, 7) is 0.146. The monoisotopic (exact) mass is 528 g/mol. The first-order valence-electron chi connectivity index (χ1n) is 10.8. The van der Waals surface area contributed by atoms with Gasteiger partial charge in [-0.2, -0.15) is 12.6 Å². The lowest BCUT2D eigenvalue weighted by Crippen LogP contribution is -2.58. The van der Waals surface area contributed by atoms with Gasteiger partial charge in [-0.15, -0.1) is 0 Å². The Labute approximate surface area is 211 Å². The van der Waals surface area contributed by atoms with Crippen LogP contribution in [0.4, 0.5) is 0 Å². The van der Waals surface area contributed by atoms with Crippen molar-refractivity contribution in [3.63, 3.8) is 0 Å². The summed E-state index contributed by atoms with van der Waals surface area (Å²) in [6, 6.07) is -5.03. The standard InChI is InChI=1S/C19H32N10O6S/c20-10(5-14(21)30)15(31)28-12(4-9-6-24-8-26-9)17(33)27-11(2-1-3-25-19(22)23)16(32)29-13(7-36)18(34)35/h6,8,10-13,36H,1-5,7,20H2,(H2,21,30)(H,24,26)(H,27,33)(H,28,31)(H,29,32)(H,34,35)(H4,22,23,25). The van der Waals surface area contributed by atoms with Crippen molar-refractivity contribution >= 4 is 48.2 Å². The summed E-state index contributed by atoms with van der Waals surface area (Å²) in [5, 5.41) is 16.4. The first kappa shape index (κ1) is 30.2. The van der Waals surface area contributed by atoms with Crippen LogP contribution in [-0.4, -0.2) is 87.1 Å². The van der Waals surface area contributed by atoms with Gasteiger partial charge in [0.2, 0.25) is 23.6 Å². The second-order valence-electron chi connectivity index (χ2n) is 7.71. The Balaban J connectivity index is 3.06. The predicted molar refractivity (Wildman–Crippen MR) is 131 cm³/mol. The molecular formula is C19H32N10O6S. The number of carbonyl (C=O) groups excluding carboxylic acids is 4. The Bertz CT molecular complexity index is 937. The number of H-pyrrole nitrogens is 1. The number of imidazole rings is 1. The van der Waals surface area contributed by atoms with Crippen molar-refractivity contribution in [2.75, 3.05) is 12.3 Å². The SMILES string of the molecule is NC(=O)CC(N)C(=O)NC(Cc1cnc[nH]1)C(=O)NC(CCCN=C(N)N)C(=O)NC(CS)C(=O)O. The van der Waals surface area contributed by atoms with Gasteiger partial charge >= 0.3 is 5.97 Å². The molecule has 1 aromatic rings. The molecule has 0 fully saturated rings. The molecule has 1 aromatic heterocycles. The maximum atomic E-state index is 13.1. The van der Waals surface area contributed by atoms with E-state index in [0.717, 1.165) is 0 Å². The highest BCUT2D eigenvalue weighted by Gasteiger charge is 2.30. The van der Waals surface area contributed by atoms with Crippen molar-refractivity contribution in [2.24, 2.45) is 27.9 Å². The predicted octanol–water partition coefficient (Wildman–Crippen LogP) is -4.32. The molecule has 0 bridgehead atoms. The van der Waals surface area contributed by atoms with Gasteiger partial charge in [0.25, 0.3) is 0 Å². The zero-order valence-corrected chi connectivity index (χ0v) is 20.2. The maximum absolute atomic E-state index is 13.1. The number of hydrogen-bond acceptors (Lipinski definition) is 9. The minimum absolute atomic E-state index is 0.0409. The number of carbonyl (C=O) groups is 5. The Morgan fingerprint density at radius 1 is 1.03 bits per heavy atom. The van der Waals surface area contributed by atoms with Crippen molar-refractivity contribution in [3.05, 3.63) is 18.2 Å². The fraction of sp³-hybridized carbons (Fsp3) is 0.526. The van der Waals surface area contributed by atoms with Crippen molar-refractivity contribution in [2.45, 2.75) is 49.9 Å². The zero-order valence-electron chi connectivity index (χ0n) is 19.3. The summed E-state index contributed by atoms with van der Waals surface area (Å²) >= 11 is 3.91. The molecule has 0 aliphatic rings. The molecule has 0 radical (unpaired) electrons. The lowest BCUT2D eigenvalue weighted by Gasteiger charge is -2.24. The van der Waals surface area contributed by atoms with E-state index in [0.29, 0.717) is 5.69 Å². The highest BCUT2D eigenvalue weighted by atomic mass is 32.1. The first-order valence-corrected chi connectivity index (χ1v) is 11.4. The number of aliphatic imine (C=N–C) groups is 1. The second kappa shape index (κ2) is 15.2. The molecule has 1 rings (SSSR count). The summed E-state index contributed by atoms with van der Waals surface area (Å²) in [5.74, 6) is -4.83. The summed E-state index contributed by atoms with van der Waals surface area (Å²) < 4.78 is 0. The Morgan fingerprint density at radius 3 is 2.17 bits per heavy atom. The third-order valence-corrected chi connectivity index (χ3v) is 5.11. The lowest BCUT2D eigenvalue weighted by molar-refractivity contribution is -0.141. The lowest BCUT2D eigenvalue weighted by atomic mass is 10.1. The number of primary amides is 1. The van der Waals surface area contributed by atoms with E-state index < -0.39 is 60.2 Å². The zero-order chi connectivity index (χ0) is 27.3. The number of amides is 4. The molecule has 0 saturated heterocycles. The van der Waals surface area contributed by atoms with E-state index in [1.165, 1.54) is 12.5 Å². The molecule has 13 N–H and O–H groups in total. The number of hydrogen-bond donors (Lipinski definition) is 10. The van der Waals surface area contributed by atoms with Crippen LogP contribution in [0.15, 0.2) is 17.5 Å². The highest BCUT2D eigenvalue weighted by molar-refractivity contribution is 7.80. The van der Waals surface area contributed by atoms with Crippen LogP contribution in [-0.2, 0) is 30.4 Å². The van der Waals surface area contributed by atoms with Crippen LogP contribution in [0.1, 0.15) is 25.0 Å². The molecule has 0 aliphatic heterocycles. The van der Waals surface area contributed by atoms with Gasteiger partial charge in [0, 0.05) is 30.6 Å². The van der Waals surface area contributed by atoms with E-state index >= 15 is 0 Å². The number of carboxylic acid groups (broad SMARTS) is 1.